The van der Waals surface area contributed by atoms with Gasteiger partial charge in [-0.25, -0.2) is 4.31 Å². The van der Waals surface area contributed by atoms with Crippen LogP contribution in [0.2, 0.25) is 0 Å². The van der Waals surface area contributed by atoms with Gasteiger partial charge in [-0.3, -0.25) is 9.79 Å². The number of aliphatic imine (C=N–C) groups is 1. The highest BCUT2D eigenvalue weighted by atomic mass is 32.2. The van der Waals surface area contributed by atoms with E-state index in [2.05, 4.69) is 59.0 Å². The van der Waals surface area contributed by atoms with Gasteiger partial charge in [0.1, 0.15) is 6.29 Å². The van der Waals surface area contributed by atoms with Crippen LogP contribution in [-0.4, -0.2) is 60.0 Å². The quantitative estimate of drug-likeness (QED) is 0.219. The second-order valence-corrected chi connectivity index (χ2v) is 11.8. The molecule has 7 heteroatoms. The van der Waals surface area contributed by atoms with Crippen LogP contribution in [0.3, 0.4) is 0 Å². The lowest BCUT2D eigenvalue weighted by Crippen LogP contribution is -2.56. The van der Waals surface area contributed by atoms with Crippen LogP contribution < -0.4 is 5.32 Å². The van der Waals surface area contributed by atoms with E-state index in [1.807, 2.05) is 14.1 Å². The van der Waals surface area contributed by atoms with Crippen LogP contribution in [-0.2, 0) is 16.1 Å². The Labute approximate surface area is 222 Å². The van der Waals surface area contributed by atoms with Crippen LogP contribution in [0.25, 0.3) is 6.08 Å². The smallest absolute Gasteiger partial charge is 0.219 e. The molecule has 0 atom stereocenters. The number of nitrogens with one attached hydrogen (secondary N) is 1. The highest BCUT2D eigenvalue weighted by molar-refractivity contribution is 8.00. The summed E-state index contributed by atoms with van der Waals surface area (Å²) in [6, 6.07) is 4.34. The van der Waals surface area contributed by atoms with Gasteiger partial charge in [0.05, 0.1) is 11.4 Å². The summed E-state index contributed by atoms with van der Waals surface area (Å²) in [5, 5.41) is 5.75. The van der Waals surface area contributed by atoms with Gasteiger partial charge < -0.3 is 15.0 Å². The minimum Gasteiger partial charge on any atom is -0.361 e. The Hall–Kier alpha value is -2.12. The maximum absolute atomic E-state index is 12.2. The van der Waals surface area contributed by atoms with E-state index in [1.54, 1.807) is 23.8 Å². The SMILES string of the molecule is CN=C(NC1(C=O)CCN(S/C=C/c2c(C)cc(CN(C)C(C)=O)cc2C)CC1)C1CCC(C)CC1. The number of amides is 1. The van der Waals surface area contributed by atoms with Gasteiger partial charge in [-0.15, -0.1) is 0 Å². The molecule has 0 unspecified atom stereocenters. The zero-order valence-electron chi connectivity index (χ0n) is 23.0. The standard InChI is InChI=1S/C29H44N4O2S/c1-21-7-9-26(10-8-21)28(30-5)31-29(20-34)12-14-33(15-13-29)36-16-11-27-22(2)17-25(18-23(27)3)19-32(6)24(4)35/h11,16-18,20-21,26H,7-10,12-15,19H2,1-6H3,(H,30,31)/b16-11+. The molecule has 198 valence electrons. The van der Waals surface area contributed by atoms with Crippen LogP contribution in [0, 0.1) is 25.7 Å². The van der Waals surface area contributed by atoms with Crippen molar-refractivity contribution in [1.29, 1.82) is 0 Å². The van der Waals surface area contributed by atoms with Crippen molar-refractivity contribution in [3.8, 4) is 0 Å². The average molecular weight is 513 g/mol. The van der Waals surface area contributed by atoms with Crippen LogP contribution in [0.5, 0.6) is 0 Å². The third kappa shape index (κ3) is 7.45. The zero-order chi connectivity index (χ0) is 26.3. The third-order valence-electron chi connectivity index (χ3n) is 7.92. The minimum atomic E-state index is -0.505. The Balaban J connectivity index is 1.55. The Morgan fingerprint density at radius 2 is 1.81 bits per heavy atom. The molecule has 0 spiro atoms. The van der Waals surface area contributed by atoms with Crippen molar-refractivity contribution in [3.63, 3.8) is 0 Å². The molecule has 1 aliphatic heterocycles. The molecule has 1 aromatic rings. The minimum absolute atomic E-state index is 0.0721. The lowest BCUT2D eigenvalue weighted by atomic mass is 9.81. The maximum Gasteiger partial charge on any atom is 0.219 e. The van der Waals surface area contributed by atoms with Crippen molar-refractivity contribution in [3.05, 3.63) is 39.8 Å². The predicted octanol–water partition coefficient (Wildman–Crippen LogP) is 5.38. The van der Waals surface area contributed by atoms with Crippen molar-refractivity contribution in [2.24, 2.45) is 16.8 Å². The van der Waals surface area contributed by atoms with E-state index in [0.717, 1.165) is 62.4 Å². The zero-order valence-corrected chi connectivity index (χ0v) is 23.8. The average Bonchev–Trinajstić information content (AvgIpc) is 2.85. The van der Waals surface area contributed by atoms with Crippen LogP contribution in [0.4, 0.5) is 0 Å². The molecule has 2 aliphatic rings. The van der Waals surface area contributed by atoms with Crippen LogP contribution >= 0.6 is 11.9 Å². The highest BCUT2D eigenvalue weighted by Crippen LogP contribution is 2.31. The Kier molecular flexibility index (Phi) is 10.2. The molecule has 6 nitrogen and oxygen atoms in total. The number of rotatable bonds is 8. The fraction of sp³-hybridized carbons (Fsp3) is 0.621. The van der Waals surface area contributed by atoms with Gasteiger partial charge in [0.15, 0.2) is 0 Å². The monoisotopic (exact) mass is 512 g/mol. The van der Waals surface area contributed by atoms with E-state index in [-0.39, 0.29) is 5.91 Å². The van der Waals surface area contributed by atoms with E-state index >= 15 is 0 Å². The summed E-state index contributed by atoms with van der Waals surface area (Å²) in [6.07, 6.45) is 9.69. The van der Waals surface area contributed by atoms with Gasteiger partial charge in [-0.1, -0.05) is 43.8 Å². The molecule has 0 radical (unpaired) electrons. The molecule has 0 aromatic heterocycles. The van der Waals surface area contributed by atoms with Crippen LogP contribution in [0.1, 0.15) is 74.6 Å². The number of hydrogen-bond donors (Lipinski definition) is 1. The summed E-state index contributed by atoms with van der Waals surface area (Å²) >= 11 is 1.72. The molecule has 3 rings (SSSR count). The number of benzene rings is 1. The molecule has 1 saturated carbocycles. The number of amidine groups is 1. The number of hydrogen-bond acceptors (Lipinski definition) is 5. The number of nitrogens with zero attached hydrogens (tertiary/aromatic N) is 3. The molecular formula is C29H44N4O2S. The van der Waals surface area contributed by atoms with E-state index in [9.17, 15) is 9.59 Å². The summed E-state index contributed by atoms with van der Waals surface area (Å²) in [5.41, 5.74) is 4.30. The van der Waals surface area contributed by atoms with E-state index < -0.39 is 5.54 Å². The summed E-state index contributed by atoms with van der Waals surface area (Å²) in [5.74, 6) is 2.35. The normalized spacial score (nSPS) is 23.0. The summed E-state index contributed by atoms with van der Waals surface area (Å²) in [4.78, 5) is 30.1. The molecule has 1 N–H and O–H groups in total. The molecule has 1 heterocycles. The van der Waals surface area contributed by atoms with E-state index in [4.69, 9.17) is 0 Å². The summed E-state index contributed by atoms with van der Waals surface area (Å²) in [7, 11) is 3.68. The highest BCUT2D eigenvalue weighted by Gasteiger charge is 2.37. The van der Waals surface area contributed by atoms with Crippen LogP contribution in [0.15, 0.2) is 22.5 Å². The number of carbonyl (C=O) groups is 2. The molecule has 1 aromatic carbocycles. The lowest BCUT2D eigenvalue weighted by Gasteiger charge is -2.40. The Morgan fingerprint density at radius 3 is 2.33 bits per heavy atom. The number of carbonyl (C=O) groups excluding carboxylic acids is 2. The first-order valence-corrected chi connectivity index (χ1v) is 14.1. The van der Waals surface area contributed by atoms with Gasteiger partial charge in [0.2, 0.25) is 5.91 Å². The van der Waals surface area contributed by atoms with Crippen molar-refractivity contribution >= 4 is 36.1 Å². The Bertz CT molecular complexity index is 950. The first-order chi connectivity index (χ1) is 17.2. The van der Waals surface area contributed by atoms with Crippen molar-refractivity contribution in [2.75, 3.05) is 27.2 Å². The Morgan fingerprint density at radius 1 is 1.19 bits per heavy atom. The van der Waals surface area contributed by atoms with Gasteiger partial charge in [0.25, 0.3) is 0 Å². The molecular weight excluding hydrogens is 468 g/mol. The first kappa shape index (κ1) is 28.5. The fourth-order valence-electron chi connectivity index (χ4n) is 5.38. The third-order valence-corrected chi connectivity index (χ3v) is 8.84. The van der Waals surface area contributed by atoms with Gasteiger partial charge >= 0.3 is 0 Å². The topological polar surface area (TPSA) is 65.0 Å². The van der Waals surface area contributed by atoms with Crippen molar-refractivity contribution in [1.82, 2.24) is 14.5 Å². The molecule has 2 fully saturated rings. The summed E-state index contributed by atoms with van der Waals surface area (Å²) < 4.78 is 2.34. The number of aryl methyl sites for hydroxylation is 2. The summed E-state index contributed by atoms with van der Waals surface area (Å²) in [6.45, 7) is 10.5. The second-order valence-electron chi connectivity index (χ2n) is 10.8. The van der Waals surface area contributed by atoms with E-state index in [1.165, 1.54) is 29.5 Å². The van der Waals surface area contributed by atoms with Gasteiger partial charge in [-0.2, -0.15) is 0 Å². The van der Waals surface area contributed by atoms with Crippen molar-refractivity contribution < 1.29 is 9.59 Å². The molecule has 1 amide bonds. The number of aldehydes is 1. The van der Waals surface area contributed by atoms with Gasteiger partial charge in [-0.05, 0) is 79.2 Å². The predicted molar refractivity (Wildman–Crippen MR) is 152 cm³/mol. The maximum atomic E-state index is 12.2. The largest absolute Gasteiger partial charge is 0.361 e. The molecule has 1 saturated heterocycles. The van der Waals surface area contributed by atoms with Gasteiger partial charge in [0, 0.05) is 46.6 Å². The van der Waals surface area contributed by atoms with E-state index in [0.29, 0.717) is 12.5 Å². The fourth-order valence-corrected chi connectivity index (χ4v) is 6.14. The second kappa shape index (κ2) is 12.9. The number of piperidine rings is 1. The van der Waals surface area contributed by atoms with Crippen molar-refractivity contribution in [2.45, 2.75) is 78.3 Å². The first-order valence-electron chi connectivity index (χ1n) is 13.3. The lowest BCUT2D eigenvalue weighted by molar-refractivity contribution is -0.128. The molecule has 36 heavy (non-hydrogen) atoms. The molecule has 1 aliphatic carbocycles. The molecule has 0 bridgehead atoms.